The molecule has 0 fully saturated rings. The molecule has 3 nitrogen and oxygen atoms in total. The first-order valence-corrected chi connectivity index (χ1v) is 7.27. The molecule has 0 saturated heterocycles. The van der Waals surface area contributed by atoms with Crippen LogP contribution in [0.5, 0.6) is 5.75 Å². The van der Waals surface area contributed by atoms with Crippen molar-refractivity contribution in [3.63, 3.8) is 0 Å². The molecule has 112 valence electrons. The van der Waals surface area contributed by atoms with Crippen molar-refractivity contribution >= 4 is 21.8 Å². The van der Waals surface area contributed by atoms with Gasteiger partial charge < -0.3 is 10.1 Å². The van der Waals surface area contributed by atoms with Crippen LogP contribution in [0.4, 0.5) is 8.78 Å². The van der Waals surface area contributed by atoms with E-state index in [1.165, 1.54) is 18.2 Å². The molecule has 1 rings (SSSR count). The van der Waals surface area contributed by atoms with E-state index in [9.17, 15) is 13.6 Å². The highest BCUT2D eigenvalue weighted by Gasteiger charge is 2.12. The number of benzene rings is 1. The van der Waals surface area contributed by atoms with E-state index in [1.807, 2.05) is 0 Å². The van der Waals surface area contributed by atoms with Gasteiger partial charge in [0.2, 0.25) is 0 Å². The number of nitrogens with one attached hydrogen (secondary N) is 1. The van der Waals surface area contributed by atoms with Gasteiger partial charge in [0, 0.05) is 16.9 Å². The normalized spacial score (nSPS) is 12.6. The molecular weight excluding hydrogens is 332 g/mol. The van der Waals surface area contributed by atoms with E-state index in [0.717, 1.165) is 6.42 Å². The molecular formula is C14H18BrF2NO2. The Morgan fingerprint density at radius 3 is 2.70 bits per heavy atom. The summed E-state index contributed by atoms with van der Waals surface area (Å²) in [5.74, 6) is 0.196. The first kappa shape index (κ1) is 16.9. The molecule has 0 radical (unpaired) electrons. The zero-order valence-corrected chi connectivity index (χ0v) is 13.0. The molecule has 0 spiro atoms. The lowest BCUT2D eigenvalue weighted by Crippen LogP contribution is -2.30. The van der Waals surface area contributed by atoms with Gasteiger partial charge >= 0.3 is 6.61 Å². The Kier molecular flexibility index (Phi) is 6.91. The number of hydrogen-bond donors (Lipinski definition) is 1. The highest BCUT2D eigenvalue weighted by Crippen LogP contribution is 2.16. The first-order valence-electron chi connectivity index (χ1n) is 6.35. The Labute approximate surface area is 125 Å². The average molecular weight is 350 g/mol. The molecule has 0 aliphatic heterocycles. The lowest BCUT2D eigenvalue weighted by molar-refractivity contribution is -0.0498. The van der Waals surface area contributed by atoms with Gasteiger partial charge in [-0.25, -0.2) is 0 Å². The van der Waals surface area contributed by atoms with E-state index in [0.29, 0.717) is 18.0 Å². The van der Waals surface area contributed by atoms with Gasteiger partial charge in [0.1, 0.15) is 5.75 Å². The Morgan fingerprint density at radius 2 is 2.10 bits per heavy atom. The first-order chi connectivity index (χ1) is 9.38. The van der Waals surface area contributed by atoms with Crippen molar-refractivity contribution in [2.24, 2.45) is 5.92 Å². The molecule has 0 aromatic heterocycles. The van der Waals surface area contributed by atoms with Gasteiger partial charge in [-0.3, -0.25) is 4.79 Å². The van der Waals surface area contributed by atoms with Gasteiger partial charge in [0.25, 0.3) is 5.91 Å². The van der Waals surface area contributed by atoms with E-state index < -0.39 is 6.61 Å². The third-order valence-electron chi connectivity index (χ3n) is 2.53. The van der Waals surface area contributed by atoms with Crippen molar-refractivity contribution < 1.29 is 18.3 Å². The fourth-order valence-electron chi connectivity index (χ4n) is 1.71. The van der Waals surface area contributed by atoms with Gasteiger partial charge in [-0.05, 0) is 30.5 Å². The number of halogens is 3. The third kappa shape index (κ3) is 6.32. The van der Waals surface area contributed by atoms with Crippen LogP contribution in [0.1, 0.15) is 30.6 Å². The van der Waals surface area contributed by atoms with Crippen LogP contribution in [0.2, 0.25) is 0 Å². The number of alkyl halides is 3. The monoisotopic (exact) mass is 349 g/mol. The number of amides is 1. The Bertz CT molecular complexity index is 441. The van der Waals surface area contributed by atoms with Crippen molar-refractivity contribution in [2.75, 3.05) is 6.54 Å². The van der Waals surface area contributed by atoms with E-state index in [1.54, 1.807) is 6.07 Å². The fraction of sp³-hybridized carbons (Fsp3) is 0.500. The van der Waals surface area contributed by atoms with Crippen LogP contribution < -0.4 is 10.1 Å². The summed E-state index contributed by atoms with van der Waals surface area (Å²) < 4.78 is 28.5. The second kappa shape index (κ2) is 8.19. The summed E-state index contributed by atoms with van der Waals surface area (Å²) in [5, 5.41) is 2.76. The Balaban J connectivity index is 2.55. The number of ether oxygens (including phenoxy) is 1. The Hall–Kier alpha value is -1.17. The number of carbonyl (C=O) groups excluding carboxylic acids is 1. The quantitative estimate of drug-likeness (QED) is 0.759. The molecule has 20 heavy (non-hydrogen) atoms. The lowest BCUT2D eigenvalue weighted by atomic mass is 10.1. The van der Waals surface area contributed by atoms with Crippen molar-refractivity contribution in [3.8, 4) is 5.75 Å². The summed E-state index contributed by atoms with van der Waals surface area (Å²) in [7, 11) is 0. The minimum atomic E-state index is -2.90. The van der Waals surface area contributed by atoms with Crippen LogP contribution >= 0.6 is 15.9 Å². The summed E-state index contributed by atoms with van der Waals surface area (Å²) >= 11 is 3.49. The lowest BCUT2D eigenvalue weighted by Gasteiger charge is -2.13. The van der Waals surface area contributed by atoms with E-state index >= 15 is 0 Å². The topological polar surface area (TPSA) is 38.3 Å². The molecule has 1 N–H and O–H groups in total. The standard InChI is InChI=1S/C14H18BrF2NO2/c1-9(2)6-11(15)8-18-13(19)10-4-3-5-12(7-10)20-14(16)17/h3-5,7,9,11,14H,6,8H2,1-2H3,(H,18,19). The molecule has 0 heterocycles. The molecule has 0 saturated carbocycles. The van der Waals surface area contributed by atoms with Crippen LogP contribution in [0, 0.1) is 5.92 Å². The third-order valence-corrected chi connectivity index (χ3v) is 3.23. The second-order valence-electron chi connectivity index (χ2n) is 4.84. The fourth-order valence-corrected chi connectivity index (χ4v) is 2.62. The van der Waals surface area contributed by atoms with Crippen molar-refractivity contribution in [2.45, 2.75) is 31.7 Å². The maximum absolute atomic E-state index is 12.1. The van der Waals surface area contributed by atoms with E-state index in [-0.39, 0.29) is 16.5 Å². The molecule has 0 aliphatic rings. The van der Waals surface area contributed by atoms with Gasteiger partial charge in [-0.1, -0.05) is 35.8 Å². The highest BCUT2D eigenvalue weighted by molar-refractivity contribution is 9.09. The second-order valence-corrected chi connectivity index (χ2v) is 6.14. The van der Waals surface area contributed by atoms with Crippen LogP contribution in [0.25, 0.3) is 0 Å². The molecule has 6 heteroatoms. The minimum Gasteiger partial charge on any atom is -0.435 e. The van der Waals surface area contributed by atoms with Crippen LogP contribution in [0.15, 0.2) is 24.3 Å². The summed E-state index contributed by atoms with van der Waals surface area (Å²) in [5.41, 5.74) is 0.299. The van der Waals surface area contributed by atoms with Gasteiger partial charge in [-0.15, -0.1) is 0 Å². The molecule has 1 aromatic rings. The number of rotatable bonds is 7. The molecule has 0 aliphatic carbocycles. The van der Waals surface area contributed by atoms with Crippen molar-refractivity contribution in [1.29, 1.82) is 0 Å². The van der Waals surface area contributed by atoms with Crippen molar-refractivity contribution in [3.05, 3.63) is 29.8 Å². The molecule has 0 bridgehead atoms. The summed E-state index contributed by atoms with van der Waals surface area (Å²) in [4.78, 5) is 12.1. The largest absolute Gasteiger partial charge is 0.435 e. The number of hydrogen-bond acceptors (Lipinski definition) is 2. The zero-order chi connectivity index (χ0) is 15.1. The summed E-state index contributed by atoms with van der Waals surface area (Å²) in [6, 6.07) is 5.74. The zero-order valence-electron chi connectivity index (χ0n) is 11.4. The SMILES string of the molecule is CC(C)CC(Br)CNC(=O)c1cccc(OC(F)F)c1. The van der Waals surface area contributed by atoms with E-state index in [2.05, 4.69) is 39.8 Å². The minimum absolute atomic E-state index is 0.0229. The Morgan fingerprint density at radius 1 is 1.40 bits per heavy atom. The predicted molar refractivity (Wildman–Crippen MR) is 77.6 cm³/mol. The summed E-state index contributed by atoms with van der Waals surface area (Å²) in [6.45, 7) is 1.78. The maximum atomic E-state index is 12.1. The van der Waals surface area contributed by atoms with Crippen LogP contribution in [-0.4, -0.2) is 23.9 Å². The van der Waals surface area contributed by atoms with Gasteiger partial charge in [-0.2, -0.15) is 8.78 Å². The molecule has 1 amide bonds. The van der Waals surface area contributed by atoms with E-state index in [4.69, 9.17) is 0 Å². The average Bonchev–Trinajstić information content (AvgIpc) is 2.34. The van der Waals surface area contributed by atoms with Crippen LogP contribution in [-0.2, 0) is 0 Å². The highest BCUT2D eigenvalue weighted by atomic mass is 79.9. The predicted octanol–water partition coefficient (Wildman–Crippen LogP) is 3.83. The summed E-state index contributed by atoms with van der Waals surface area (Å²) in [6.07, 6.45) is 0.939. The number of carbonyl (C=O) groups is 1. The smallest absolute Gasteiger partial charge is 0.387 e. The van der Waals surface area contributed by atoms with Crippen LogP contribution in [0.3, 0.4) is 0 Å². The van der Waals surface area contributed by atoms with Gasteiger partial charge in [0.15, 0.2) is 0 Å². The van der Waals surface area contributed by atoms with Crippen molar-refractivity contribution in [1.82, 2.24) is 5.32 Å². The van der Waals surface area contributed by atoms with Gasteiger partial charge in [0.05, 0.1) is 0 Å². The maximum Gasteiger partial charge on any atom is 0.387 e. The molecule has 1 aromatic carbocycles. The molecule has 1 atom stereocenters. The molecule has 1 unspecified atom stereocenters.